The first-order chi connectivity index (χ1) is 12.9. The van der Waals surface area contributed by atoms with Crippen LogP contribution in [0.2, 0.25) is 0 Å². The Morgan fingerprint density at radius 1 is 1.26 bits per heavy atom. The summed E-state index contributed by atoms with van der Waals surface area (Å²) in [7, 11) is 0. The lowest BCUT2D eigenvalue weighted by Gasteiger charge is -2.17. The summed E-state index contributed by atoms with van der Waals surface area (Å²) in [4.78, 5) is 30.8. The molecule has 1 fully saturated rings. The highest BCUT2D eigenvalue weighted by molar-refractivity contribution is 7.18. The number of fused-ring (bicyclic) bond motifs is 1. The van der Waals surface area contributed by atoms with E-state index in [1.165, 1.54) is 11.0 Å². The van der Waals surface area contributed by atoms with Gasteiger partial charge in [-0.25, -0.2) is 9.37 Å². The number of nitrogens with one attached hydrogen (secondary N) is 1. The number of aryl methyl sites for hydroxylation is 2. The Hall–Kier alpha value is -2.80. The zero-order valence-electron chi connectivity index (χ0n) is 15.0. The Labute approximate surface area is 159 Å². The molecule has 0 radical (unpaired) electrons. The smallest absolute Gasteiger partial charge is 0.229 e. The molecule has 2 amide bonds. The summed E-state index contributed by atoms with van der Waals surface area (Å²) < 4.78 is 14.8. The van der Waals surface area contributed by atoms with E-state index in [0.29, 0.717) is 16.9 Å². The van der Waals surface area contributed by atoms with Gasteiger partial charge in [0.25, 0.3) is 0 Å². The molecule has 3 aromatic rings. The van der Waals surface area contributed by atoms with E-state index >= 15 is 0 Å². The second-order valence-electron chi connectivity index (χ2n) is 6.74. The standard InChI is InChI=1S/C20H18FN3O2S/c1-11-3-5-15(9-16(11)21)24-10-13(7-19(24)25)20(26)23-14-4-6-17-18(8-14)27-12(2)22-17/h3-6,8-9,13H,7,10H2,1-2H3,(H,23,26). The monoisotopic (exact) mass is 383 g/mol. The van der Waals surface area contributed by atoms with Gasteiger partial charge in [-0.1, -0.05) is 6.07 Å². The van der Waals surface area contributed by atoms with Crippen LogP contribution in [0.25, 0.3) is 10.2 Å². The fourth-order valence-corrected chi connectivity index (χ4v) is 4.11. The molecule has 1 aliphatic rings. The second-order valence-corrected chi connectivity index (χ2v) is 7.98. The minimum absolute atomic E-state index is 0.114. The largest absolute Gasteiger partial charge is 0.326 e. The lowest BCUT2D eigenvalue weighted by molar-refractivity contribution is -0.122. The van der Waals surface area contributed by atoms with Gasteiger partial charge in [-0.05, 0) is 49.7 Å². The summed E-state index contributed by atoms with van der Waals surface area (Å²) in [5.74, 6) is -1.21. The Morgan fingerprint density at radius 2 is 2.07 bits per heavy atom. The lowest BCUT2D eigenvalue weighted by atomic mass is 10.1. The summed E-state index contributed by atoms with van der Waals surface area (Å²) >= 11 is 1.57. The summed E-state index contributed by atoms with van der Waals surface area (Å²) in [5.41, 5.74) is 2.59. The average Bonchev–Trinajstić information content (AvgIpc) is 3.19. The van der Waals surface area contributed by atoms with Gasteiger partial charge in [-0.3, -0.25) is 9.59 Å². The normalized spacial score (nSPS) is 16.9. The van der Waals surface area contributed by atoms with Crippen LogP contribution in [0.5, 0.6) is 0 Å². The highest BCUT2D eigenvalue weighted by atomic mass is 32.1. The molecule has 4 rings (SSSR count). The molecular weight excluding hydrogens is 365 g/mol. The van der Waals surface area contributed by atoms with E-state index in [-0.39, 0.29) is 30.6 Å². The van der Waals surface area contributed by atoms with Crippen molar-refractivity contribution in [2.75, 3.05) is 16.8 Å². The molecule has 1 aromatic heterocycles. The molecule has 1 N–H and O–H groups in total. The van der Waals surface area contributed by atoms with Gasteiger partial charge in [0.1, 0.15) is 5.82 Å². The molecule has 1 aliphatic heterocycles. The molecule has 2 aromatic carbocycles. The number of carbonyl (C=O) groups excluding carboxylic acids is 2. The Kier molecular flexibility index (Phi) is 4.39. The molecule has 5 nitrogen and oxygen atoms in total. The number of aromatic nitrogens is 1. The third-order valence-electron chi connectivity index (χ3n) is 4.73. The number of hydrogen-bond acceptors (Lipinski definition) is 4. The van der Waals surface area contributed by atoms with E-state index in [1.54, 1.807) is 30.4 Å². The first-order valence-electron chi connectivity index (χ1n) is 8.65. The number of benzene rings is 2. The summed E-state index contributed by atoms with van der Waals surface area (Å²) in [6, 6.07) is 10.3. The predicted molar refractivity (Wildman–Crippen MR) is 105 cm³/mol. The minimum atomic E-state index is -0.472. The third-order valence-corrected chi connectivity index (χ3v) is 5.66. The fraction of sp³-hybridized carbons (Fsp3) is 0.250. The molecule has 0 spiro atoms. The zero-order chi connectivity index (χ0) is 19.1. The van der Waals surface area contributed by atoms with Crippen LogP contribution in [-0.4, -0.2) is 23.3 Å². The van der Waals surface area contributed by atoms with Crippen LogP contribution in [0.15, 0.2) is 36.4 Å². The minimum Gasteiger partial charge on any atom is -0.326 e. The van der Waals surface area contributed by atoms with E-state index in [2.05, 4.69) is 10.3 Å². The van der Waals surface area contributed by atoms with Gasteiger partial charge in [0, 0.05) is 24.3 Å². The second kappa shape index (κ2) is 6.74. The average molecular weight is 383 g/mol. The van der Waals surface area contributed by atoms with Crippen molar-refractivity contribution in [2.45, 2.75) is 20.3 Å². The van der Waals surface area contributed by atoms with Crippen LogP contribution in [0, 0.1) is 25.6 Å². The van der Waals surface area contributed by atoms with Crippen molar-refractivity contribution in [3.05, 3.63) is 52.8 Å². The highest BCUT2D eigenvalue weighted by Gasteiger charge is 2.35. The van der Waals surface area contributed by atoms with Gasteiger partial charge in [0.15, 0.2) is 0 Å². The number of carbonyl (C=O) groups is 2. The quantitative estimate of drug-likeness (QED) is 0.742. The first-order valence-corrected chi connectivity index (χ1v) is 9.47. The molecule has 0 aliphatic carbocycles. The predicted octanol–water partition coefficient (Wildman–Crippen LogP) is 4.04. The van der Waals surface area contributed by atoms with Crippen LogP contribution in [0.1, 0.15) is 17.0 Å². The zero-order valence-corrected chi connectivity index (χ0v) is 15.8. The molecule has 0 bridgehead atoms. The van der Waals surface area contributed by atoms with E-state index < -0.39 is 5.92 Å². The highest BCUT2D eigenvalue weighted by Crippen LogP contribution is 2.29. The van der Waals surface area contributed by atoms with Gasteiger partial charge < -0.3 is 10.2 Å². The number of thiazole rings is 1. The van der Waals surface area contributed by atoms with E-state index in [0.717, 1.165) is 15.2 Å². The van der Waals surface area contributed by atoms with Crippen molar-refractivity contribution in [2.24, 2.45) is 5.92 Å². The molecule has 0 saturated carbocycles. The van der Waals surface area contributed by atoms with Crippen molar-refractivity contribution in [3.8, 4) is 0 Å². The van der Waals surface area contributed by atoms with Gasteiger partial charge >= 0.3 is 0 Å². The topological polar surface area (TPSA) is 62.3 Å². The number of anilines is 2. The van der Waals surface area contributed by atoms with Gasteiger partial charge in [-0.15, -0.1) is 11.3 Å². The summed E-state index contributed by atoms with van der Waals surface area (Å²) in [5, 5.41) is 3.85. The van der Waals surface area contributed by atoms with Crippen molar-refractivity contribution in [3.63, 3.8) is 0 Å². The summed E-state index contributed by atoms with van der Waals surface area (Å²) in [6.07, 6.45) is 0.114. The molecule has 138 valence electrons. The number of halogens is 1. The van der Waals surface area contributed by atoms with E-state index in [9.17, 15) is 14.0 Å². The first kappa shape index (κ1) is 17.6. The number of rotatable bonds is 3. The van der Waals surface area contributed by atoms with Crippen LogP contribution in [0.4, 0.5) is 15.8 Å². The third kappa shape index (κ3) is 3.42. The van der Waals surface area contributed by atoms with Crippen molar-refractivity contribution >= 4 is 44.7 Å². The molecule has 2 heterocycles. The molecule has 1 atom stereocenters. The van der Waals surface area contributed by atoms with E-state index in [4.69, 9.17) is 0 Å². The fourth-order valence-electron chi connectivity index (χ4n) is 3.24. The van der Waals surface area contributed by atoms with E-state index in [1.807, 2.05) is 25.1 Å². The van der Waals surface area contributed by atoms with Crippen LogP contribution >= 0.6 is 11.3 Å². The number of amides is 2. The Morgan fingerprint density at radius 3 is 2.85 bits per heavy atom. The molecule has 1 saturated heterocycles. The maximum Gasteiger partial charge on any atom is 0.229 e. The van der Waals surface area contributed by atoms with Crippen molar-refractivity contribution in [1.29, 1.82) is 0 Å². The molecule has 7 heteroatoms. The summed E-state index contributed by atoms with van der Waals surface area (Å²) in [6.45, 7) is 3.85. The molecular formula is C20H18FN3O2S. The van der Waals surface area contributed by atoms with Crippen molar-refractivity contribution in [1.82, 2.24) is 4.98 Å². The van der Waals surface area contributed by atoms with Gasteiger partial charge in [0.2, 0.25) is 11.8 Å². The Bertz CT molecular complexity index is 1060. The van der Waals surface area contributed by atoms with Crippen LogP contribution in [-0.2, 0) is 9.59 Å². The maximum absolute atomic E-state index is 13.8. The molecule has 27 heavy (non-hydrogen) atoms. The van der Waals surface area contributed by atoms with Gasteiger partial charge in [0.05, 0.1) is 21.1 Å². The van der Waals surface area contributed by atoms with Crippen LogP contribution in [0.3, 0.4) is 0 Å². The van der Waals surface area contributed by atoms with Crippen molar-refractivity contribution < 1.29 is 14.0 Å². The lowest BCUT2D eigenvalue weighted by Crippen LogP contribution is -2.28. The number of hydrogen-bond donors (Lipinski definition) is 1. The van der Waals surface area contributed by atoms with Gasteiger partial charge in [-0.2, -0.15) is 0 Å². The molecule has 1 unspecified atom stereocenters. The van der Waals surface area contributed by atoms with Crippen LogP contribution < -0.4 is 10.2 Å². The SMILES string of the molecule is Cc1nc2ccc(NC(=O)C3CC(=O)N(c4ccc(C)c(F)c4)C3)cc2s1. The Balaban J connectivity index is 1.48. The number of nitrogens with zero attached hydrogens (tertiary/aromatic N) is 2. The maximum atomic E-state index is 13.8.